The SMILES string of the molecule is COc1ccc(C(=O)O)c(NC(=O)c2ccc(Br)nc2)c1. The van der Waals surface area contributed by atoms with Gasteiger partial charge in [0.2, 0.25) is 0 Å². The third kappa shape index (κ3) is 3.57. The Labute approximate surface area is 128 Å². The molecule has 1 aromatic carbocycles. The summed E-state index contributed by atoms with van der Waals surface area (Å²) in [7, 11) is 1.46. The van der Waals surface area contributed by atoms with E-state index >= 15 is 0 Å². The number of aromatic carboxylic acids is 1. The van der Waals surface area contributed by atoms with Gasteiger partial charge in [0.05, 0.1) is 23.9 Å². The maximum atomic E-state index is 12.1. The minimum Gasteiger partial charge on any atom is -0.497 e. The van der Waals surface area contributed by atoms with Crippen molar-refractivity contribution in [2.45, 2.75) is 0 Å². The molecule has 1 amide bonds. The lowest BCUT2D eigenvalue weighted by atomic mass is 10.1. The Kier molecular flexibility index (Phi) is 4.54. The van der Waals surface area contributed by atoms with Crippen LogP contribution in [0.5, 0.6) is 5.75 Å². The van der Waals surface area contributed by atoms with Crippen LogP contribution in [0.1, 0.15) is 20.7 Å². The van der Waals surface area contributed by atoms with Crippen LogP contribution in [-0.4, -0.2) is 29.1 Å². The van der Waals surface area contributed by atoms with E-state index in [2.05, 4.69) is 26.2 Å². The topological polar surface area (TPSA) is 88.5 Å². The average Bonchev–Trinajstić information content (AvgIpc) is 2.47. The lowest BCUT2D eigenvalue weighted by molar-refractivity contribution is 0.0698. The highest BCUT2D eigenvalue weighted by molar-refractivity contribution is 9.10. The van der Waals surface area contributed by atoms with Crippen molar-refractivity contribution in [3.63, 3.8) is 0 Å². The molecule has 0 saturated carbocycles. The number of pyridine rings is 1. The molecule has 21 heavy (non-hydrogen) atoms. The monoisotopic (exact) mass is 350 g/mol. The van der Waals surface area contributed by atoms with E-state index in [-0.39, 0.29) is 11.3 Å². The first-order valence-corrected chi connectivity index (χ1v) is 6.65. The number of hydrogen-bond donors (Lipinski definition) is 2. The van der Waals surface area contributed by atoms with Gasteiger partial charge in [0.1, 0.15) is 10.4 Å². The van der Waals surface area contributed by atoms with Gasteiger partial charge < -0.3 is 15.2 Å². The fourth-order valence-corrected chi connectivity index (χ4v) is 1.88. The maximum Gasteiger partial charge on any atom is 0.337 e. The molecule has 0 bridgehead atoms. The molecule has 0 unspecified atom stereocenters. The molecule has 7 heteroatoms. The fourth-order valence-electron chi connectivity index (χ4n) is 1.64. The van der Waals surface area contributed by atoms with Gasteiger partial charge in [0.25, 0.3) is 5.91 Å². The van der Waals surface area contributed by atoms with Gasteiger partial charge in [-0.1, -0.05) is 0 Å². The molecule has 0 aliphatic heterocycles. The molecule has 0 spiro atoms. The third-order valence-electron chi connectivity index (χ3n) is 2.69. The molecule has 2 rings (SSSR count). The highest BCUT2D eigenvalue weighted by Gasteiger charge is 2.15. The Morgan fingerprint density at radius 1 is 1.29 bits per heavy atom. The number of anilines is 1. The second-order valence-electron chi connectivity index (χ2n) is 4.04. The molecule has 0 radical (unpaired) electrons. The summed E-state index contributed by atoms with van der Waals surface area (Å²) in [4.78, 5) is 27.2. The van der Waals surface area contributed by atoms with E-state index in [1.165, 1.54) is 31.5 Å². The van der Waals surface area contributed by atoms with E-state index in [9.17, 15) is 9.59 Å². The van der Waals surface area contributed by atoms with Crippen molar-refractivity contribution in [2.75, 3.05) is 12.4 Å². The van der Waals surface area contributed by atoms with Gasteiger partial charge in [-0.2, -0.15) is 0 Å². The molecule has 2 aromatic rings. The Hall–Kier alpha value is -2.41. The summed E-state index contributed by atoms with van der Waals surface area (Å²) >= 11 is 3.17. The number of carbonyl (C=O) groups is 2. The molecule has 0 aliphatic carbocycles. The predicted octanol–water partition coefficient (Wildman–Crippen LogP) is 2.80. The van der Waals surface area contributed by atoms with Crippen LogP contribution in [0.25, 0.3) is 0 Å². The summed E-state index contributed by atoms with van der Waals surface area (Å²) in [5.41, 5.74) is 0.460. The van der Waals surface area contributed by atoms with Crippen LogP contribution in [0.2, 0.25) is 0 Å². The van der Waals surface area contributed by atoms with E-state index in [4.69, 9.17) is 9.84 Å². The van der Waals surface area contributed by atoms with Gasteiger partial charge >= 0.3 is 5.97 Å². The summed E-state index contributed by atoms with van der Waals surface area (Å²) in [6, 6.07) is 7.54. The van der Waals surface area contributed by atoms with E-state index in [0.29, 0.717) is 15.9 Å². The maximum absolute atomic E-state index is 12.1. The summed E-state index contributed by atoms with van der Waals surface area (Å²) in [5.74, 6) is -1.14. The number of methoxy groups -OCH3 is 1. The van der Waals surface area contributed by atoms with Crippen LogP contribution >= 0.6 is 15.9 Å². The zero-order valence-electron chi connectivity index (χ0n) is 11.0. The Morgan fingerprint density at radius 3 is 2.62 bits per heavy atom. The van der Waals surface area contributed by atoms with Crippen LogP contribution in [0.3, 0.4) is 0 Å². The van der Waals surface area contributed by atoms with Crippen LogP contribution in [0, 0.1) is 0 Å². The zero-order chi connectivity index (χ0) is 15.4. The van der Waals surface area contributed by atoms with E-state index in [1.54, 1.807) is 12.1 Å². The van der Waals surface area contributed by atoms with E-state index in [0.717, 1.165) is 0 Å². The van der Waals surface area contributed by atoms with Gasteiger partial charge in [0, 0.05) is 12.3 Å². The summed E-state index contributed by atoms with van der Waals surface area (Å²) in [5, 5.41) is 11.7. The highest BCUT2D eigenvalue weighted by atomic mass is 79.9. The quantitative estimate of drug-likeness (QED) is 0.827. The number of carbonyl (C=O) groups excluding carboxylic acids is 1. The van der Waals surface area contributed by atoms with Crippen LogP contribution in [0.15, 0.2) is 41.1 Å². The normalized spacial score (nSPS) is 10.0. The first-order chi connectivity index (χ1) is 10.0. The molecule has 108 valence electrons. The number of carboxylic acid groups (broad SMARTS) is 1. The molecule has 0 aliphatic rings. The Morgan fingerprint density at radius 2 is 2.05 bits per heavy atom. The summed E-state index contributed by atoms with van der Waals surface area (Å²) in [6.45, 7) is 0. The number of aromatic nitrogens is 1. The van der Waals surface area contributed by atoms with Crippen LogP contribution in [-0.2, 0) is 0 Å². The molecule has 6 nitrogen and oxygen atoms in total. The minimum atomic E-state index is -1.14. The van der Waals surface area contributed by atoms with Gasteiger partial charge in [-0.05, 0) is 40.2 Å². The zero-order valence-corrected chi connectivity index (χ0v) is 12.5. The first kappa shape index (κ1) is 15.0. The number of rotatable bonds is 4. The smallest absolute Gasteiger partial charge is 0.337 e. The largest absolute Gasteiger partial charge is 0.497 e. The highest BCUT2D eigenvalue weighted by Crippen LogP contribution is 2.23. The van der Waals surface area contributed by atoms with Crippen molar-refractivity contribution in [1.82, 2.24) is 4.98 Å². The van der Waals surface area contributed by atoms with Crippen LogP contribution in [0.4, 0.5) is 5.69 Å². The number of ether oxygens (including phenoxy) is 1. The number of hydrogen-bond acceptors (Lipinski definition) is 4. The Bertz CT molecular complexity index is 686. The molecule has 0 atom stereocenters. The molecule has 2 N–H and O–H groups in total. The third-order valence-corrected chi connectivity index (χ3v) is 3.16. The molecule has 0 fully saturated rings. The number of amides is 1. The van der Waals surface area contributed by atoms with Crippen molar-refractivity contribution in [3.8, 4) is 5.75 Å². The molecular weight excluding hydrogens is 340 g/mol. The van der Waals surface area contributed by atoms with E-state index in [1.807, 2.05) is 0 Å². The second-order valence-corrected chi connectivity index (χ2v) is 4.85. The number of nitrogens with zero attached hydrogens (tertiary/aromatic N) is 1. The number of nitrogens with one attached hydrogen (secondary N) is 1. The number of carboxylic acids is 1. The molecule has 1 aromatic heterocycles. The number of halogens is 1. The number of benzene rings is 1. The predicted molar refractivity (Wildman–Crippen MR) is 79.8 cm³/mol. The minimum absolute atomic E-state index is 0.0192. The van der Waals surface area contributed by atoms with Crippen molar-refractivity contribution < 1.29 is 19.4 Å². The second kappa shape index (κ2) is 6.36. The molecule has 1 heterocycles. The van der Waals surface area contributed by atoms with E-state index < -0.39 is 11.9 Å². The average molecular weight is 351 g/mol. The summed E-state index contributed by atoms with van der Waals surface area (Å²) in [6.07, 6.45) is 1.39. The fraction of sp³-hybridized carbons (Fsp3) is 0.0714. The Balaban J connectivity index is 2.31. The molecule has 0 saturated heterocycles. The molecular formula is C14H11BrN2O4. The lowest BCUT2D eigenvalue weighted by Gasteiger charge is -2.10. The van der Waals surface area contributed by atoms with Gasteiger partial charge in [0.15, 0.2) is 0 Å². The standard InChI is InChI=1S/C14H11BrN2O4/c1-21-9-3-4-10(14(19)20)11(6-9)17-13(18)8-2-5-12(15)16-7-8/h2-7H,1H3,(H,17,18)(H,19,20). The van der Waals surface area contributed by atoms with Gasteiger partial charge in [-0.3, -0.25) is 4.79 Å². The first-order valence-electron chi connectivity index (χ1n) is 5.85. The lowest BCUT2D eigenvalue weighted by Crippen LogP contribution is -2.15. The van der Waals surface area contributed by atoms with Crippen LogP contribution < -0.4 is 10.1 Å². The van der Waals surface area contributed by atoms with Gasteiger partial charge in [-0.25, -0.2) is 9.78 Å². The van der Waals surface area contributed by atoms with Crippen molar-refractivity contribution >= 4 is 33.5 Å². The van der Waals surface area contributed by atoms with Gasteiger partial charge in [-0.15, -0.1) is 0 Å². The van der Waals surface area contributed by atoms with Crippen molar-refractivity contribution in [3.05, 3.63) is 52.3 Å². The van der Waals surface area contributed by atoms with Crippen molar-refractivity contribution in [2.24, 2.45) is 0 Å². The summed E-state index contributed by atoms with van der Waals surface area (Å²) < 4.78 is 5.63. The van der Waals surface area contributed by atoms with Crippen molar-refractivity contribution in [1.29, 1.82) is 0 Å².